The summed E-state index contributed by atoms with van der Waals surface area (Å²) in [6.07, 6.45) is 6.30. The van der Waals surface area contributed by atoms with Crippen LogP contribution in [0.4, 0.5) is 5.82 Å². The maximum atomic E-state index is 10.5. The predicted molar refractivity (Wildman–Crippen MR) is 58.4 cm³/mol. The van der Waals surface area contributed by atoms with Gasteiger partial charge in [-0.05, 0) is 18.2 Å². The van der Waals surface area contributed by atoms with Gasteiger partial charge >= 0.3 is 5.97 Å². The number of pyridine rings is 1. The summed E-state index contributed by atoms with van der Waals surface area (Å²) in [5.41, 5.74) is 0.166. The van der Waals surface area contributed by atoms with Crippen molar-refractivity contribution in [2.24, 2.45) is 4.99 Å². The van der Waals surface area contributed by atoms with E-state index in [-0.39, 0.29) is 5.56 Å². The number of carbonyl (C=O) groups is 1. The first-order valence-electron chi connectivity index (χ1n) is 4.27. The molecule has 0 spiro atoms. The van der Waals surface area contributed by atoms with Gasteiger partial charge in [-0.1, -0.05) is 0 Å². The van der Waals surface area contributed by atoms with Crippen LogP contribution in [0.2, 0.25) is 0 Å². The molecule has 0 amide bonds. The molecule has 0 unspecified atom stereocenters. The van der Waals surface area contributed by atoms with Crippen LogP contribution in [-0.2, 0) is 0 Å². The molecule has 1 aromatic heterocycles. The van der Waals surface area contributed by atoms with Gasteiger partial charge in [-0.15, -0.1) is 0 Å². The minimum Gasteiger partial charge on any atom is -0.478 e. The summed E-state index contributed by atoms with van der Waals surface area (Å²) in [6, 6.07) is 3.08. The zero-order valence-electron chi connectivity index (χ0n) is 8.21. The standard InChI is InChI=1S/C10H11N3O2/c1-11-5-2-6-12-9-4-3-8(7-13-9)10(14)15/h2-7H,1H3,(H,12,13)(H,14,15)/b6-2-,11-5?. The molecule has 0 bridgehead atoms. The highest BCUT2D eigenvalue weighted by Gasteiger charge is 2.01. The minimum atomic E-state index is -0.984. The van der Waals surface area contributed by atoms with Gasteiger partial charge in [-0.25, -0.2) is 9.78 Å². The molecule has 78 valence electrons. The maximum absolute atomic E-state index is 10.5. The van der Waals surface area contributed by atoms with E-state index in [0.29, 0.717) is 5.82 Å². The zero-order valence-corrected chi connectivity index (χ0v) is 8.21. The van der Waals surface area contributed by atoms with Gasteiger partial charge in [0.15, 0.2) is 0 Å². The summed E-state index contributed by atoms with van der Waals surface area (Å²) < 4.78 is 0. The molecule has 0 radical (unpaired) electrons. The van der Waals surface area contributed by atoms with Crippen LogP contribution in [-0.4, -0.2) is 29.3 Å². The molecule has 0 fully saturated rings. The van der Waals surface area contributed by atoms with E-state index in [2.05, 4.69) is 15.3 Å². The number of aromatic nitrogens is 1. The highest BCUT2D eigenvalue weighted by Crippen LogP contribution is 2.04. The summed E-state index contributed by atoms with van der Waals surface area (Å²) in [6.45, 7) is 0. The highest BCUT2D eigenvalue weighted by molar-refractivity contribution is 5.87. The lowest BCUT2D eigenvalue weighted by molar-refractivity contribution is 0.0696. The van der Waals surface area contributed by atoms with Gasteiger partial charge in [0, 0.05) is 25.7 Å². The van der Waals surface area contributed by atoms with E-state index >= 15 is 0 Å². The molecule has 1 heterocycles. The second-order valence-corrected chi connectivity index (χ2v) is 2.65. The summed E-state index contributed by atoms with van der Waals surface area (Å²) in [4.78, 5) is 18.2. The normalized spacial score (nSPS) is 11.0. The van der Waals surface area contributed by atoms with Crippen molar-refractivity contribution in [3.05, 3.63) is 36.2 Å². The van der Waals surface area contributed by atoms with Crippen molar-refractivity contribution in [2.75, 3.05) is 12.4 Å². The van der Waals surface area contributed by atoms with Gasteiger partial charge in [-0.2, -0.15) is 0 Å². The molecule has 5 heteroatoms. The SMILES string of the molecule is CN=C/C=C\Nc1ccc(C(=O)O)cn1. The van der Waals surface area contributed by atoms with Crippen molar-refractivity contribution < 1.29 is 9.90 Å². The van der Waals surface area contributed by atoms with Crippen LogP contribution in [0.3, 0.4) is 0 Å². The van der Waals surface area contributed by atoms with Gasteiger partial charge in [-0.3, -0.25) is 4.99 Å². The van der Waals surface area contributed by atoms with E-state index in [1.54, 1.807) is 31.6 Å². The van der Waals surface area contributed by atoms with Crippen LogP contribution in [0, 0.1) is 0 Å². The average molecular weight is 205 g/mol. The van der Waals surface area contributed by atoms with Crippen LogP contribution < -0.4 is 5.32 Å². The molecule has 0 saturated carbocycles. The van der Waals surface area contributed by atoms with Crippen molar-refractivity contribution in [2.45, 2.75) is 0 Å². The molecule has 2 N–H and O–H groups in total. The lowest BCUT2D eigenvalue weighted by Gasteiger charge is -1.98. The Kier molecular flexibility index (Phi) is 4.03. The van der Waals surface area contributed by atoms with Crippen LogP contribution in [0.1, 0.15) is 10.4 Å². The molecule has 0 aliphatic rings. The molecule has 1 rings (SSSR count). The zero-order chi connectivity index (χ0) is 11.1. The first kappa shape index (κ1) is 10.9. The molecule has 0 atom stereocenters. The number of allylic oxidation sites excluding steroid dienone is 1. The molecule has 0 aliphatic heterocycles. The fourth-order valence-electron chi connectivity index (χ4n) is 0.868. The topological polar surface area (TPSA) is 74.6 Å². The number of hydrogen-bond acceptors (Lipinski definition) is 4. The van der Waals surface area contributed by atoms with Gasteiger partial charge in [0.1, 0.15) is 5.82 Å². The Labute approximate surface area is 87.2 Å². The van der Waals surface area contributed by atoms with E-state index in [0.717, 1.165) is 0 Å². The fraction of sp³-hybridized carbons (Fsp3) is 0.100. The second kappa shape index (κ2) is 5.54. The van der Waals surface area contributed by atoms with Crippen LogP contribution in [0.15, 0.2) is 35.6 Å². The Morgan fingerprint density at radius 2 is 2.40 bits per heavy atom. The van der Waals surface area contributed by atoms with Crippen molar-refractivity contribution in [1.29, 1.82) is 0 Å². The lowest BCUT2D eigenvalue weighted by Crippen LogP contribution is -1.98. The Hall–Kier alpha value is -2.17. The van der Waals surface area contributed by atoms with E-state index in [1.807, 2.05) is 0 Å². The molecular weight excluding hydrogens is 194 g/mol. The average Bonchev–Trinajstić information content (AvgIpc) is 2.25. The van der Waals surface area contributed by atoms with Crippen LogP contribution >= 0.6 is 0 Å². The third kappa shape index (κ3) is 3.60. The van der Waals surface area contributed by atoms with E-state index in [1.165, 1.54) is 12.3 Å². The lowest BCUT2D eigenvalue weighted by atomic mass is 10.3. The van der Waals surface area contributed by atoms with Gasteiger partial charge in [0.25, 0.3) is 0 Å². The quantitative estimate of drug-likeness (QED) is 0.729. The van der Waals surface area contributed by atoms with Crippen molar-refractivity contribution in [1.82, 2.24) is 4.98 Å². The van der Waals surface area contributed by atoms with E-state index < -0.39 is 5.97 Å². The fourth-order valence-corrected chi connectivity index (χ4v) is 0.868. The second-order valence-electron chi connectivity index (χ2n) is 2.65. The largest absolute Gasteiger partial charge is 0.478 e. The van der Waals surface area contributed by atoms with Crippen molar-refractivity contribution in [3.8, 4) is 0 Å². The molecule has 0 aromatic carbocycles. The summed E-state index contributed by atoms with van der Waals surface area (Å²) in [7, 11) is 1.67. The Morgan fingerprint density at radius 3 is 2.93 bits per heavy atom. The van der Waals surface area contributed by atoms with Crippen molar-refractivity contribution in [3.63, 3.8) is 0 Å². The van der Waals surface area contributed by atoms with E-state index in [4.69, 9.17) is 5.11 Å². The number of nitrogens with zero attached hydrogens (tertiary/aromatic N) is 2. The van der Waals surface area contributed by atoms with Crippen LogP contribution in [0.25, 0.3) is 0 Å². The third-order valence-electron chi connectivity index (χ3n) is 1.57. The number of anilines is 1. The van der Waals surface area contributed by atoms with Crippen LogP contribution in [0.5, 0.6) is 0 Å². The first-order valence-corrected chi connectivity index (χ1v) is 4.27. The number of aromatic carboxylic acids is 1. The highest BCUT2D eigenvalue weighted by atomic mass is 16.4. The van der Waals surface area contributed by atoms with Gasteiger partial charge in [0.05, 0.1) is 5.56 Å². The summed E-state index contributed by atoms with van der Waals surface area (Å²) in [5.74, 6) is -0.400. The number of nitrogens with one attached hydrogen (secondary N) is 1. The number of carboxylic acids is 1. The molecule has 15 heavy (non-hydrogen) atoms. The first-order chi connectivity index (χ1) is 7.24. The molecule has 0 saturated heterocycles. The Morgan fingerprint density at radius 1 is 1.60 bits per heavy atom. The van der Waals surface area contributed by atoms with Crippen molar-refractivity contribution >= 4 is 18.0 Å². The maximum Gasteiger partial charge on any atom is 0.337 e. The number of rotatable bonds is 4. The third-order valence-corrected chi connectivity index (χ3v) is 1.57. The molecule has 0 aliphatic carbocycles. The molecular formula is C10H11N3O2. The van der Waals surface area contributed by atoms with E-state index in [9.17, 15) is 4.79 Å². The molecule has 1 aromatic rings. The van der Waals surface area contributed by atoms with Gasteiger partial charge in [0.2, 0.25) is 0 Å². The number of aliphatic imine (C=N–C) groups is 1. The monoisotopic (exact) mass is 205 g/mol. The van der Waals surface area contributed by atoms with Gasteiger partial charge < -0.3 is 10.4 Å². The number of hydrogen-bond donors (Lipinski definition) is 2. The summed E-state index contributed by atoms with van der Waals surface area (Å²) >= 11 is 0. The Bertz CT molecular complexity index is 382. The predicted octanol–water partition coefficient (Wildman–Crippen LogP) is 1.41. The smallest absolute Gasteiger partial charge is 0.337 e. The number of carboxylic acid groups (broad SMARTS) is 1. The minimum absolute atomic E-state index is 0.166. The Balaban J connectivity index is 2.61. The molecule has 5 nitrogen and oxygen atoms in total. The summed E-state index contributed by atoms with van der Waals surface area (Å²) in [5, 5.41) is 11.5.